The minimum Gasteiger partial charge on any atom is -0.312 e. The molecule has 2 aromatic heterocycles. The summed E-state index contributed by atoms with van der Waals surface area (Å²) in [5.74, 6) is 0. The number of pyridine rings is 1. The molecule has 0 amide bonds. The highest BCUT2D eigenvalue weighted by atomic mass is 32.1. The van der Waals surface area contributed by atoms with Gasteiger partial charge in [-0.2, -0.15) is 0 Å². The largest absolute Gasteiger partial charge is 0.312 e. The number of para-hydroxylation sites is 1. The number of thiophene rings is 1. The standard InChI is InChI=1S/C16H16N2S/c1-4-13-6-2-9-18-16(13)14(5-1)8-10-17-12-15-7-3-11-19-15/h1-7,9,11,17H,8,10,12H2. The van der Waals surface area contributed by atoms with E-state index in [0.29, 0.717) is 0 Å². The number of hydrogen-bond donors (Lipinski definition) is 1. The van der Waals surface area contributed by atoms with Gasteiger partial charge in [-0.05, 0) is 36.0 Å². The van der Waals surface area contributed by atoms with Crippen molar-refractivity contribution in [1.82, 2.24) is 10.3 Å². The van der Waals surface area contributed by atoms with E-state index in [9.17, 15) is 0 Å². The molecule has 19 heavy (non-hydrogen) atoms. The monoisotopic (exact) mass is 268 g/mol. The summed E-state index contributed by atoms with van der Waals surface area (Å²) in [7, 11) is 0. The Labute approximate surface area is 117 Å². The van der Waals surface area contributed by atoms with Crippen LogP contribution in [0.25, 0.3) is 10.9 Å². The highest BCUT2D eigenvalue weighted by molar-refractivity contribution is 7.09. The van der Waals surface area contributed by atoms with Crippen LogP contribution >= 0.6 is 11.3 Å². The van der Waals surface area contributed by atoms with Crippen LogP contribution in [0.1, 0.15) is 10.4 Å². The summed E-state index contributed by atoms with van der Waals surface area (Å²) in [5, 5.41) is 6.82. The number of hydrogen-bond acceptors (Lipinski definition) is 3. The third-order valence-corrected chi connectivity index (χ3v) is 4.04. The zero-order valence-electron chi connectivity index (χ0n) is 10.7. The lowest BCUT2D eigenvalue weighted by Crippen LogP contribution is -2.16. The molecule has 3 aromatic rings. The van der Waals surface area contributed by atoms with E-state index in [1.807, 2.05) is 12.3 Å². The van der Waals surface area contributed by atoms with Gasteiger partial charge in [0.15, 0.2) is 0 Å². The van der Waals surface area contributed by atoms with E-state index in [2.05, 4.69) is 52.1 Å². The van der Waals surface area contributed by atoms with Gasteiger partial charge in [-0.15, -0.1) is 11.3 Å². The van der Waals surface area contributed by atoms with E-state index in [1.54, 1.807) is 11.3 Å². The first kappa shape index (κ1) is 12.3. The lowest BCUT2D eigenvalue weighted by Gasteiger charge is -2.06. The molecule has 0 fully saturated rings. The molecule has 0 aliphatic heterocycles. The lowest BCUT2D eigenvalue weighted by atomic mass is 10.1. The molecule has 0 aliphatic carbocycles. The third-order valence-electron chi connectivity index (χ3n) is 3.17. The van der Waals surface area contributed by atoms with Crippen LogP contribution in [0, 0.1) is 0 Å². The van der Waals surface area contributed by atoms with Gasteiger partial charge in [0.1, 0.15) is 0 Å². The van der Waals surface area contributed by atoms with Crippen molar-refractivity contribution in [3.8, 4) is 0 Å². The quantitative estimate of drug-likeness (QED) is 0.715. The molecule has 1 aromatic carbocycles. The number of nitrogens with zero attached hydrogens (tertiary/aromatic N) is 1. The van der Waals surface area contributed by atoms with Crippen molar-refractivity contribution in [2.45, 2.75) is 13.0 Å². The van der Waals surface area contributed by atoms with E-state index < -0.39 is 0 Å². The minimum atomic E-state index is 0.954. The van der Waals surface area contributed by atoms with Crippen molar-refractivity contribution in [3.05, 3.63) is 64.5 Å². The first-order valence-corrected chi connectivity index (χ1v) is 7.37. The molecule has 0 saturated carbocycles. The average Bonchev–Trinajstić information content (AvgIpc) is 2.97. The molecule has 0 atom stereocenters. The Kier molecular flexibility index (Phi) is 3.86. The number of rotatable bonds is 5. The van der Waals surface area contributed by atoms with Gasteiger partial charge in [0, 0.05) is 23.0 Å². The molecule has 2 nitrogen and oxygen atoms in total. The molecule has 3 rings (SSSR count). The predicted molar refractivity (Wildman–Crippen MR) is 81.5 cm³/mol. The summed E-state index contributed by atoms with van der Waals surface area (Å²) < 4.78 is 0. The summed E-state index contributed by atoms with van der Waals surface area (Å²) in [6, 6.07) is 14.8. The van der Waals surface area contributed by atoms with Crippen molar-refractivity contribution < 1.29 is 0 Å². The van der Waals surface area contributed by atoms with Gasteiger partial charge in [0.05, 0.1) is 5.52 Å². The van der Waals surface area contributed by atoms with Gasteiger partial charge in [-0.1, -0.05) is 30.3 Å². The van der Waals surface area contributed by atoms with Crippen molar-refractivity contribution in [2.75, 3.05) is 6.54 Å². The van der Waals surface area contributed by atoms with E-state index in [4.69, 9.17) is 0 Å². The topological polar surface area (TPSA) is 24.9 Å². The Morgan fingerprint density at radius 1 is 1.05 bits per heavy atom. The molecule has 2 heterocycles. The second-order valence-corrected chi connectivity index (χ2v) is 5.53. The van der Waals surface area contributed by atoms with E-state index in [1.165, 1.54) is 15.8 Å². The van der Waals surface area contributed by atoms with Crippen LogP contribution in [-0.2, 0) is 13.0 Å². The zero-order chi connectivity index (χ0) is 12.9. The Morgan fingerprint density at radius 2 is 2.00 bits per heavy atom. The normalized spacial score (nSPS) is 10.9. The van der Waals surface area contributed by atoms with Gasteiger partial charge < -0.3 is 5.32 Å². The van der Waals surface area contributed by atoms with Crippen LogP contribution in [0.15, 0.2) is 54.0 Å². The third kappa shape index (κ3) is 3.00. The van der Waals surface area contributed by atoms with E-state index in [0.717, 1.165) is 25.0 Å². The van der Waals surface area contributed by atoms with Crippen molar-refractivity contribution in [3.63, 3.8) is 0 Å². The molecule has 96 valence electrons. The van der Waals surface area contributed by atoms with Gasteiger partial charge in [0.25, 0.3) is 0 Å². The minimum absolute atomic E-state index is 0.954. The summed E-state index contributed by atoms with van der Waals surface area (Å²) in [5.41, 5.74) is 2.44. The molecule has 0 bridgehead atoms. The lowest BCUT2D eigenvalue weighted by molar-refractivity contribution is 0.695. The molecule has 3 heteroatoms. The van der Waals surface area contributed by atoms with Crippen molar-refractivity contribution >= 4 is 22.2 Å². The maximum atomic E-state index is 4.48. The second kappa shape index (κ2) is 5.95. The maximum absolute atomic E-state index is 4.48. The average molecular weight is 268 g/mol. The number of fused-ring (bicyclic) bond motifs is 1. The van der Waals surface area contributed by atoms with Crippen LogP contribution in [0.3, 0.4) is 0 Å². The zero-order valence-corrected chi connectivity index (χ0v) is 11.5. The van der Waals surface area contributed by atoms with Crippen molar-refractivity contribution in [2.24, 2.45) is 0 Å². The highest BCUT2D eigenvalue weighted by Crippen LogP contribution is 2.16. The fourth-order valence-electron chi connectivity index (χ4n) is 2.22. The van der Waals surface area contributed by atoms with Gasteiger partial charge >= 0.3 is 0 Å². The fourth-order valence-corrected chi connectivity index (χ4v) is 2.89. The molecule has 1 N–H and O–H groups in total. The Morgan fingerprint density at radius 3 is 2.89 bits per heavy atom. The Bertz CT molecular complexity index is 641. The van der Waals surface area contributed by atoms with Gasteiger partial charge in [0.2, 0.25) is 0 Å². The fraction of sp³-hybridized carbons (Fsp3) is 0.188. The molecule has 0 aliphatic rings. The second-order valence-electron chi connectivity index (χ2n) is 4.50. The molecular weight excluding hydrogens is 252 g/mol. The van der Waals surface area contributed by atoms with E-state index in [-0.39, 0.29) is 0 Å². The molecule has 0 radical (unpaired) electrons. The molecular formula is C16H16N2S. The number of aromatic nitrogens is 1. The SMILES string of the molecule is c1csc(CNCCc2cccc3cccnc23)c1. The van der Waals surface area contributed by atoms with Crippen LogP contribution < -0.4 is 5.32 Å². The molecule has 0 spiro atoms. The smallest absolute Gasteiger partial charge is 0.0734 e. The van der Waals surface area contributed by atoms with Crippen molar-refractivity contribution in [1.29, 1.82) is 0 Å². The summed E-state index contributed by atoms with van der Waals surface area (Å²) in [6.07, 6.45) is 2.88. The first-order chi connectivity index (χ1) is 9.43. The Hall–Kier alpha value is -1.71. The first-order valence-electron chi connectivity index (χ1n) is 6.49. The summed E-state index contributed by atoms with van der Waals surface area (Å²) in [4.78, 5) is 5.87. The molecule has 0 saturated heterocycles. The number of nitrogens with one attached hydrogen (secondary N) is 1. The highest BCUT2D eigenvalue weighted by Gasteiger charge is 2.01. The molecule has 0 unspecified atom stereocenters. The van der Waals surface area contributed by atoms with Crippen LogP contribution in [0.2, 0.25) is 0 Å². The van der Waals surface area contributed by atoms with Crippen LogP contribution in [0.5, 0.6) is 0 Å². The summed E-state index contributed by atoms with van der Waals surface area (Å²) >= 11 is 1.80. The maximum Gasteiger partial charge on any atom is 0.0734 e. The van der Waals surface area contributed by atoms with Crippen LogP contribution in [-0.4, -0.2) is 11.5 Å². The van der Waals surface area contributed by atoms with Gasteiger partial charge in [-0.25, -0.2) is 0 Å². The van der Waals surface area contributed by atoms with E-state index >= 15 is 0 Å². The predicted octanol–water partition coefficient (Wildman–Crippen LogP) is 3.63. The summed E-state index contributed by atoms with van der Waals surface area (Å²) in [6.45, 7) is 1.93. The Balaban J connectivity index is 1.62. The number of benzene rings is 1. The van der Waals surface area contributed by atoms with Gasteiger partial charge in [-0.3, -0.25) is 4.98 Å². The van der Waals surface area contributed by atoms with Crippen LogP contribution in [0.4, 0.5) is 0 Å².